The van der Waals surface area contributed by atoms with Crippen molar-refractivity contribution < 1.29 is 13.2 Å². The molecule has 1 heterocycles. The molecule has 1 fully saturated rings. The Balaban J connectivity index is 1.69. The van der Waals surface area contributed by atoms with E-state index in [0.29, 0.717) is 0 Å². The smallest absolute Gasteiger partial charge is 0.224 e. The van der Waals surface area contributed by atoms with Gasteiger partial charge in [0.05, 0.1) is 5.75 Å². The lowest BCUT2D eigenvalue weighted by atomic mass is 10.0. The summed E-state index contributed by atoms with van der Waals surface area (Å²) in [6.45, 7) is 4.65. The average molecular weight is 353 g/mol. The van der Waals surface area contributed by atoms with Gasteiger partial charge in [-0.3, -0.25) is 4.79 Å². The van der Waals surface area contributed by atoms with Crippen molar-refractivity contribution in [1.29, 1.82) is 0 Å². The van der Waals surface area contributed by atoms with E-state index in [2.05, 4.69) is 34.5 Å². The molecule has 0 radical (unpaired) electrons. The van der Waals surface area contributed by atoms with Crippen molar-refractivity contribution in [2.75, 3.05) is 31.6 Å². The summed E-state index contributed by atoms with van der Waals surface area (Å²) in [7, 11) is -3.12. The number of nitrogens with zero attached hydrogens (tertiary/aromatic N) is 1. The molecule has 134 valence electrons. The molecule has 6 heteroatoms. The minimum atomic E-state index is -3.12. The number of sulfone groups is 1. The van der Waals surface area contributed by atoms with Crippen LogP contribution in [-0.2, 0) is 21.1 Å². The highest BCUT2D eigenvalue weighted by Crippen LogP contribution is 2.12. The Hall–Kier alpha value is -1.40. The number of rotatable bonds is 7. The minimum Gasteiger partial charge on any atom is -0.353 e. The van der Waals surface area contributed by atoms with Crippen molar-refractivity contribution in [3.8, 4) is 0 Å². The maximum absolute atomic E-state index is 12.1. The third kappa shape index (κ3) is 6.61. The van der Waals surface area contributed by atoms with Crippen LogP contribution in [0.25, 0.3) is 0 Å². The highest BCUT2D eigenvalue weighted by Gasteiger charge is 2.24. The van der Waals surface area contributed by atoms with Crippen molar-refractivity contribution >= 4 is 15.7 Å². The fraction of sp³-hybridized carbons (Fsp3) is 0.611. The zero-order chi connectivity index (χ0) is 17.6. The van der Waals surface area contributed by atoms with E-state index in [4.69, 9.17) is 0 Å². The van der Waals surface area contributed by atoms with E-state index in [1.165, 1.54) is 11.8 Å². The predicted molar refractivity (Wildman–Crippen MR) is 96.6 cm³/mol. The molecule has 0 aliphatic carbocycles. The Bertz CT molecular complexity index is 623. The third-order valence-electron chi connectivity index (χ3n) is 4.49. The molecule has 1 aliphatic heterocycles. The summed E-state index contributed by atoms with van der Waals surface area (Å²) < 4.78 is 22.6. The van der Waals surface area contributed by atoms with Gasteiger partial charge in [-0.15, -0.1) is 0 Å². The van der Waals surface area contributed by atoms with Gasteiger partial charge in [-0.05, 0) is 24.8 Å². The molecule has 5 nitrogen and oxygen atoms in total. The lowest BCUT2D eigenvalue weighted by Crippen LogP contribution is -2.47. The monoisotopic (exact) mass is 352 g/mol. The fourth-order valence-electron chi connectivity index (χ4n) is 3.11. The van der Waals surface area contributed by atoms with Crippen LogP contribution in [-0.4, -0.2) is 56.9 Å². The number of hydrogen-bond acceptors (Lipinski definition) is 4. The number of amides is 1. The van der Waals surface area contributed by atoms with Gasteiger partial charge in [0.2, 0.25) is 5.91 Å². The van der Waals surface area contributed by atoms with Crippen LogP contribution >= 0.6 is 0 Å². The van der Waals surface area contributed by atoms with Gasteiger partial charge in [-0.1, -0.05) is 37.3 Å². The SMILES string of the molecule is CC(CS(C)(=O)=O)C(=O)NC1CCN(CCc2ccccc2)CC1. The molecule has 1 aliphatic rings. The van der Waals surface area contributed by atoms with Gasteiger partial charge in [0.1, 0.15) is 9.84 Å². The summed E-state index contributed by atoms with van der Waals surface area (Å²) in [5, 5.41) is 3.01. The molecule has 0 saturated carbocycles. The zero-order valence-corrected chi connectivity index (χ0v) is 15.4. The fourth-order valence-corrected chi connectivity index (χ4v) is 4.17. The van der Waals surface area contributed by atoms with Crippen LogP contribution in [0.4, 0.5) is 0 Å². The van der Waals surface area contributed by atoms with Gasteiger partial charge in [0.25, 0.3) is 0 Å². The molecule has 24 heavy (non-hydrogen) atoms. The molecule has 1 unspecified atom stereocenters. The first-order valence-electron chi connectivity index (χ1n) is 8.58. The summed E-state index contributed by atoms with van der Waals surface area (Å²) in [6.07, 6.45) is 4.06. The van der Waals surface area contributed by atoms with Gasteiger partial charge in [0.15, 0.2) is 0 Å². The van der Waals surface area contributed by atoms with Gasteiger partial charge in [-0.2, -0.15) is 0 Å². The van der Waals surface area contributed by atoms with Gasteiger partial charge in [0, 0.05) is 37.8 Å². The Morgan fingerprint density at radius 2 is 1.88 bits per heavy atom. The van der Waals surface area contributed by atoms with Crippen molar-refractivity contribution in [2.45, 2.75) is 32.2 Å². The van der Waals surface area contributed by atoms with Crippen LogP contribution in [0.5, 0.6) is 0 Å². The van der Waals surface area contributed by atoms with E-state index in [-0.39, 0.29) is 17.7 Å². The predicted octanol–water partition coefficient (Wildman–Crippen LogP) is 1.49. The van der Waals surface area contributed by atoms with Crippen molar-refractivity contribution in [3.63, 3.8) is 0 Å². The second-order valence-corrected chi connectivity index (χ2v) is 9.04. The second-order valence-electron chi connectivity index (χ2n) is 6.85. The molecule has 2 rings (SSSR count). The van der Waals surface area contributed by atoms with E-state index in [1.807, 2.05) is 6.07 Å². The van der Waals surface area contributed by atoms with Gasteiger partial charge >= 0.3 is 0 Å². The summed E-state index contributed by atoms with van der Waals surface area (Å²) in [6, 6.07) is 10.6. The quantitative estimate of drug-likeness (QED) is 0.807. The van der Waals surface area contributed by atoms with Crippen molar-refractivity contribution in [1.82, 2.24) is 10.2 Å². The third-order valence-corrected chi connectivity index (χ3v) is 5.60. The molecule has 1 amide bonds. The van der Waals surface area contributed by atoms with Crippen LogP contribution in [0.3, 0.4) is 0 Å². The number of benzene rings is 1. The number of likely N-dealkylation sites (tertiary alicyclic amines) is 1. The first-order chi connectivity index (χ1) is 11.3. The number of carbonyl (C=O) groups is 1. The lowest BCUT2D eigenvalue weighted by Gasteiger charge is -2.32. The van der Waals surface area contributed by atoms with E-state index < -0.39 is 15.8 Å². The number of nitrogens with one attached hydrogen (secondary N) is 1. The largest absolute Gasteiger partial charge is 0.353 e. The van der Waals surface area contributed by atoms with E-state index in [9.17, 15) is 13.2 Å². The Morgan fingerprint density at radius 1 is 1.25 bits per heavy atom. The Morgan fingerprint density at radius 3 is 2.46 bits per heavy atom. The maximum atomic E-state index is 12.1. The summed E-state index contributed by atoms with van der Waals surface area (Å²) in [5.41, 5.74) is 1.35. The standard InChI is InChI=1S/C18H28N2O3S/c1-15(14-24(2,22)23)18(21)19-17-9-12-20(13-10-17)11-8-16-6-4-3-5-7-16/h3-7,15,17H,8-14H2,1-2H3,(H,19,21). The maximum Gasteiger partial charge on any atom is 0.224 e. The van der Waals surface area contributed by atoms with Gasteiger partial charge in [-0.25, -0.2) is 8.42 Å². The summed E-state index contributed by atoms with van der Waals surface area (Å²) >= 11 is 0. The van der Waals surface area contributed by atoms with Crippen LogP contribution in [0.15, 0.2) is 30.3 Å². The first-order valence-corrected chi connectivity index (χ1v) is 10.6. The topological polar surface area (TPSA) is 66.5 Å². The number of carbonyl (C=O) groups excluding carboxylic acids is 1. The Labute approximate surface area is 145 Å². The first kappa shape index (κ1) is 18.9. The van der Waals surface area contributed by atoms with Crippen LogP contribution in [0.2, 0.25) is 0 Å². The number of hydrogen-bond donors (Lipinski definition) is 1. The molecule has 1 aromatic carbocycles. The highest BCUT2D eigenvalue weighted by molar-refractivity contribution is 7.90. The molecule has 1 N–H and O–H groups in total. The van der Waals surface area contributed by atoms with Crippen LogP contribution < -0.4 is 5.32 Å². The summed E-state index contributed by atoms with van der Waals surface area (Å²) in [4.78, 5) is 14.5. The molecule has 0 spiro atoms. The van der Waals surface area contributed by atoms with Crippen LogP contribution in [0, 0.1) is 5.92 Å². The lowest BCUT2D eigenvalue weighted by molar-refractivity contribution is -0.124. The molecular formula is C18H28N2O3S. The van der Waals surface area contributed by atoms with Crippen molar-refractivity contribution in [3.05, 3.63) is 35.9 Å². The molecule has 1 aromatic rings. The van der Waals surface area contributed by atoms with Gasteiger partial charge < -0.3 is 10.2 Å². The zero-order valence-electron chi connectivity index (χ0n) is 14.6. The molecule has 0 aromatic heterocycles. The second kappa shape index (κ2) is 8.62. The van der Waals surface area contributed by atoms with Crippen molar-refractivity contribution in [2.24, 2.45) is 5.92 Å². The van der Waals surface area contributed by atoms with E-state index >= 15 is 0 Å². The van der Waals surface area contributed by atoms with E-state index in [0.717, 1.165) is 38.9 Å². The average Bonchev–Trinajstić information content (AvgIpc) is 2.53. The van der Waals surface area contributed by atoms with E-state index in [1.54, 1.807) is 6.92 Å². The molecule has 0 bridgehead atoms. The van der Waals surface area contributed by atoms with Crippen LogP contribution in [0.1, 0.15) is 25.3 Å². The highest BCUT2D eigenvalue weighted by atomic mass is 32.2. The summed E-state index contributed by atoms with van der Waals surface area (Å²) in [5.74, 6) is -0.728. The molecular weight excluding hydrogens is 324 g/mol. The minimum absolute atomic E-state index is 0.0885. The molecule has 1 atom stereocenters. The number of piperidine rings is 1. The molecule has 1 saturated heterocycles. The Kier molecular flexibility index (Phi) is 6.80. The normalized spacial score (nSPS) is 18.2.